The Morgan fingerprint density at radius 1 is 1.22 bits per heavy atom. The van der Waals surface area contributed by atoms with Crippen LogP contribution in [0.4, 0.5) is 10.8 Å². The molecule has 3 aromatic heterocycles. The number of H-pyrrole nitrogens is 1. The maximum atomic E-state index is 12.7. The fourth-order valence-corrected chi connectivity index (χ4v) is 7.01. The Hall–Kier alpha value is -3.09. The van der Waals surface area contributed by atoms with Crippen molar-refractivity contribution in [2.45, 2.75) is 39.0 Å². The number of anilines is 2. The number of thiophene rings is 1. The first-order valence-electron chi connectivity index (χ1n) is 11.5. The van der Waals surface area contributed by atoms with Crippen LogP contribution in [0, 0.1) is 5.92 Å². The molecule has 1 amide bonds. The van der Waals surface area contributed by atoms with E-state index in [2.05, 4.69) is 31.9 Å². The SMILES string of the molecule is CC1CCc2c(sc3nc(CCC(=O)Nc4nc(-c5ccc(NS(C)(=O)=O)cc5)cs4)[nH]c(=O)c23)C1. The number of hydrogen-bond donors (Lipinski definition) is 3. The lowest BCUT2D eigenvalue weighted by atomic mass is 9.89. The minimum absolute atomic E-state index is 0.121. The minimum Gasteiger partial charge on any atom is -0.310 e. The van der Waals surface area contributed by atoms with E-state index in [-0.39, 0.29) is 17.9 Å². The number of hydrogen-bond acceptors (Lipinski definition) is 8. The number of aromatic amines is 1. The highest BCUT2D eigenvalue weighted by Gasteiger charge is 2.23. The zero-order chi connectivity index (χ0) is 25.4. The monoisotopic (exact) mass is 543 g/mol. The molecule has 36 heavy (non-hydrogen) atoms. The van der Waals surface area contributed by atoms with Crippen LogP contribution in [0.2, 0.25) is 0 Å². The van der Waals surface area contributed by atoms with Crippen molar-refractivity contribution in [3.8, 4) is 11.3 Å². The number of benzene rings is 1. The van der Waals surface area contributed by atoms with Crippen LogP contribution in [-0.2, 0) is 34.1 Å². The third-order valence-electron chi connectivity index (χ3n) is 6.04. The fraction of sp³-hybridized carbons (Fsp3) is 0.333. The molecule has 9 nitrogen and oxygen atoms in total. The van der Waals surface area contributed by atoms with Gasteiger partial charge in [-0.2, -0.15) is 0 Å². The standard InChI is InChI=1S/C24H25N5O4S3/c1-13-3-8-16-18(11-13)35-23-21(16)22(31)26-19(27-23)9-10-20(30)28-24-25-17(12-34-24)14-4-6-15(7-5-14)29-36(2,32)33/h4-7,12-13,29H,3,8-11H2,1-2H3,(H,25,28,30)(H,26,27,31). The number of aryl methyl sites for hydroxylation is 2. The Balaban J connectivity index is 1.21. The molecule has 5 rings (SSSR count). The van der Waals surface area contributed by atoms with Crippen LogP contribution in [0.5, 0.6) is 0 Å². The zero-order valence-electron chi connectivity index (χ0n) is 19.8. The van der Waals surface area contributed by atoms with Crippen LogP contribution >= 0.6 is 22.7 Å². The summed E-state index contributed by atoms with van der Waals surface area (Å²) >= 11 is 2.90. The highest BCUT2D eigenvalue weighted by molar-refractivity contribution is 7.92. The van der Waals surface area contributed by atoms with Crippen LogP contribution in [-0.4, -0.2) is 35.5 Å². The molecule has 1 unspecified atom stereocenters. The molecular weight excluding hydrogens is 518 g/mol. The third kappa shape index (κ3) is 5.50. The molecule has 3 N–H and O–H groups in total. The van der Waals surface area contributed by atoms with Gasteiger partial charge in [0.25, 0.3) is 5.56 Å². The Kier molecular flexibility index (Phi) is 6.66. The summed E-state index contributed by atoms with van der Waals surface area (Å²) in [4.78, 5) is 39.3. The molecule has 1 aliphatic carbocycles. The molecule has 1 atom stereocenters. The van der Waals surface area contributed by atoms with Gasteiger partial charge in [0.15, 0.2) is 5.13 Å². The smallest absolute Gasteiger partial charge is 0.259 e. The molecule has 0 spiro atoms. The normalized spacial score (nSPS) is 15.6. The molecule has 0 saturated carbocycles. The molecule has 1 aromatic carbocycles. The first-order chi connectivity index (χ1) is 17.1. The average Bonchev–Trinajstić information content (AvgIpc) is 3.41. The second-order valence-electron chi connectivity index (χ2n) is 9.08. The lowest BCUT2D eigenvalue weighted by Crippen LogP contribution is -2.17. The van der Waals surface area contributed by atoms with Crippen LogP contribution in [0.3, 0.4) is 0 Å². The van der Waals surface area contributed by atoms with Crippen molar-refractivity contribution in [1.29, 1.82) is 0 Å². The summed E-state index contributed by atoms with van der Waals surface area (Å²) in [6, 6.07) is 6.83. The molecule has 0 aliphatic heterocycles. The van der Waals surface area contributed by atoms with E-state index >= 15 is 0 Å². The molecule has 0 bridgehead atoms. The maximum Gasteiger partial charge on any atom is 0.259 e. The van der Waals surface area contributed by atoms with Gasteiger partial charge in [-0.3, -0.25) is 14.3 Å². The van der Waals surface area contributed by atoms with Gasteiger partial charge in [0.2, 0.25) is 15.9 Å². The largest absolute Gasteiger partial charge is 0.310 e. The highest BCUT2D eigenvalue weighted by Crippen LogP contribution is 2.35. The molecule has 188 valence electrons. The molecule has 4 aromatic rings. The second kappa shape index (κ2) is 9.75. The van der Waals surface area contributed by atoms with E-state index in [0.717, 1.165) is 41.5 Å². The summed E-state index contributed by atoms with van der Waals surface area (Å²) in [5.41, 5.74) is 2.96. The van der Waals surface area contributed by atoms with E-state index in [0.29, 0.717) is 40.1 Å². The van der Waals surface area contributed by atoms with Crippen molar-refractivity contribution in [1.82, 2.24) is 15.0 Å². The van der Waals surface area contributed by atoms with Gasteiger partial charge in [0, 0.05) is 34.3 Å². The van der Waals surface area contributed by atoms with Crippen molar-refractivity contribution in [3.63, 3.8) is 0 Å². The van der Waals surface area contributed by atoms with Crippen molar-refractivity contribution >= 4 is 59.6 Å². The number of aromatic nitrogens is 3. The first kappa shape index (κ1) is 24.6. The van der Waals surface area contributed by atoms with E-state index in [4.69, 9.17) is 0 Å². The number of rotatable bonds is 7. The van der Waals surface area contributed by atoms with E-state index in [9.17, 15) is 18.0 Å². The summed E-state index contributed by atoms with van der Waals surface area (Å²) < 4.78 is 25.1. The fourth-order valence-electron chi connectivity index (χ4n) is 4.31. The van der Waals surface area contributed by atoms with Gasteiger partial charge in [-0.1, -0.05) is 19.1 Å². The highest BCUT2D eigenvalue weighted by atomic mass is 32.2. The predicted octanol–water partition coefficient (Wildman–Crippen LogP) is 4.18. The van der Waals surface area contributed by atoms with Gasteiger partial charge in [-0.25, -0.2) is 18.4 Å². The molecule has 1 aliphatic rings. The second-order valence-corrected chi connectivity index (χ2v) is 12.8. The van der Waals surface area contributed by atoms with Crippen LogP contribution in [0.1, 0.15) is 36.0 Å². The topological polar surface area (TPSA) is 134 Å². The molecule has 0 fully saturated rings. The number of amides is 1. The molecule has 0 radical (unpaired) electrons. The van der Waals surface area contributed by atoms with Gasteiger partial charge >= 0.3 is 0 Å². The van der Waals surface area contributed by atoms with Gasteiger partial charge in [-0.05, 0) is 42.9 Å². The Labute approximate surface area is 216 Å². The molecule has 0 saturated heterocycles. The number of carbonyl (C=O) groups excluding carboxylic acids is 1. The molecule has 3 heterocycles. The molecular formula is C24H25N5O4S3. The predicted molar refractivity (Wildman–Crippen MR) is 144 cm³/mol. The number of thiazole rings is 1. The third-order valence-corrected chi connectivity index (χ3v) is 8.55. The van der Waals surface area contributed by atoms with E-state index in [1.807, 2.05) is 5.38 Å². The first-order valence-corrected chi connectivity index (χ1v) is 15.1. The number of nitrogens with one attached hydrogen (secondary N) is 3. The summed E-state index contributed by atoms with van der Waals surface area (Å²) in [7, 11) is -3.34. The van der Waals surface area contributed by atoms with E-state index < -0.39 is 10.0 Å². The van der Waals surface area contributed by atoms with Crippen molar-refractivity contribution in [2.24, 2.45) is 5.92 Å². The number of sulfonamides is 1. The lowest BCUT2D eigenvalue weighted by Gasteiger charge is -2.17. The Morgan fingerprint density at radius 3 is 2.75 bits per heavy atom. The number of carbonyl (C=O) groups is 1. The zero-order valence-corrected chi connectivity index (χ0v) is 22.2. The summed E-state index contributed by atoms with van der Waals surface area (Å²) in [5, 5.41) is 5.80. The van der Waals surface area contributed by atoms with Gasteiger partial charge in [-0.15, -0.1) is 22.7 Å². The lowest BCUT2D eigenvalue weighted by molar-refractivity contribution is -0.116. The van der Waals surface area contributed by atoms with Crippen LogP contribution in [0.25, 0.3) is 21.5 Å². The van der Waals surface area contributed by atoms with Crippen molar-refractivity contribution < 1.29 is 13.2 Å². The van der Waals surface area contributed by atoms with Gasteiger partial charge in [0.1, 0.15) is 10.7 Å². The van der Waals surface area contributed by atoms with Crippen molar-refractivity contribution in [2.75, 3.05) is 16.3 Å². The molecule has 12 heteroatoms. The van der Waals surface area contributed by atoms with Gasteiger partial charge < -0.3 is 10.3 Å². The average molecular weight is 544 g/mol. The van der Waals surface area contributed by atoms with Crippen LogP contribution < -0.4 is 15.6 Å². The number of fused-ring (bicyclic) bond motifs is 3. The van der Waals surface area contributed by atoms with E-state index in [1.165, 1.54) is 16.2 Å². The Morgan fingerprint density at radius 2 is 2.00 bits per heavy atom. The Bertz CT molecular complexity index is 1600. The van der Waals surface area contributed by atoms with Gasteiger partial charge in [0.05, 0.1) is 17.3 Å². The number of nitrogens with zero attached hydrogens (tertiary/aromatic N) is 2. The summed E-state index contributed by atoms with van der Waals surface area (Å²) in [6.45, 7) is 2.23. The maximum absolute atomic E-state index is 12.7. The summed E-state index contributed by atoms with van der Waals surface area (Å²) in [5.74, 6) is 0.915. The minimum atomic E-state index is -3.34. The summed E-state index contributed by atoms with van der Waals surface area (Å²) in [6.07, 6.45) is 4.58. The quantitative estimate of drug-likeness (QED) is 0.320. The van der Waals surface area contributed by atoms with E-state index in [1.54, 1.807) is 35.6 Å². The van der Waals surface area contributed by atoms with Crippen LogP contribution in [0.15, 0.2) is 34.4 Å². The van der Waals surface area contributed by atoms with Crippen molar-refractivity contribution in [3.05, 3.63) is 56.3 Å².